The number of H-pyrrole nitrogens is 1. The molecular weight excluding hydrogens is 334 g/mol. The number of hydrogen-bond acceptors (Lipinski definition) is 5. The zero-order valence-electron chi connectivity index (χ0n) is 15.2. The van der Waals surface area contributed by atoms with Crippen molar-refractivity contribution < 1.29 is 9.59 Å². The molecule has 0 atom stereocenters. The second kappa shape index (κ2) is 8.89. The van der Waals surface area contributed by atoms with E-state index in [9.17, 15) is 14.4 Å². The molecule has 2 aromatic rings. The second-order valence-corrected chi connectivity index (χ2v) is 6.07. The lowest BCUT2D eigenvalue weighted by Gasteiger charge is -2.21. The first-order valence-electron chi connectivity index (χ1n) is 8.38. The van der Waals surface area contributed by atoms with Gasteiger partial charge in [-0.2, -0.15) is 0 Å². The first kappa shape index (κ1) is 19.3. The number of pyridine rings is 1. The fourth-order valence-corrected chi connectivity index (χ4v) is 2.64. The van der Waals surface area contributed by atoms with Gasteiger partial charge in [0.2, 0.25) is 17.8 Å². The van der Waals surface area contributed by atoms with Gasteiger partial charge in [-0.25, -0.2) is 4.98 Å². The summed E-state index contributed by atoms with van der Waals surface area (Å²) >= 11 is 0. The molecule has 0 bridgehead atoms. The average molecular weight is 357 g/mol. The number of amides is 2. The molecule has 0 aliphatic heterocycles. The summed E-state index contributed by atoms with van der Waals surface area (Å²) in [7, 11) is 0. The number of nitrogens with one attached hydrogen (secondary N) is 2. The summed E-state index contributed by atoms with van der Waals surface area (Å²) < 4.78 is 0. The van der Waals surface area contributed by atoms with Gasteiger partial charge in [0, 0.05) is 50.6 Å². The SMILES string of the molecule is CC(=O)Nc1nc(C)c(CCCN(Cc2cccnc2)C(C)=O)c(=O)[nH]1. The number of carbonyl (C=O) groups excluding carboxylic acids is 2. The van der Waals surface area contributed by atoms with E-state index in [-0.39, 0.29) is 23.3 Å². The van der Waals surface area contributed by atoms with Crippen molar-refractivity contribution in [3.63, 3.8) is 0 Å². The first-order chi connectivity index (χ1) is 12.4. The Labute approximate surface area is 151 Å². The molecule has 8 heteroatoms. The first-order valence-corrected chi connectivity index (χ1v) is 8.38. The van der Waals surface area contributed by atoms with Crippen LogP contribution in [0.25, 0.3) is 0 Å². The number of aromatic nitrogens is 3. The fourth-order valence-electron chi connectivity index (χ4n) is 2.64. The van der Waals surface area contributed by atoms with Gasteiger partial charge in [0.1, 0.15) is 0 Å². The van der Waals surface area contributed by atoms with E-state index in [1.807, 2.05) is 12.1 Å². The average Bonchev–Trinajstić information content (AvgIpc) is 2.56. The molecule has 0 spiro atoms. The Kier molecular flexibility index (Phi) is 6.60. The highest BCUT2D eigenvalue weighted by molar-refractivity contribution is 5.86. The maximum absolute atomic E-state index is 12.2. The van der Waals surface area contributed by atoms with E-state index in [0.29, 0.717) is 37.2 Å². The molecular formula is C18H23N5O3. The number of aromatic amines is 1. The van der Waals surface area contributed by atoms with Gasteiger partial charge >= 0.3 is 0 Å². The van der Waals surface area contributed by atoms with Gasteiger partial charge in [0.15, 0.2) is 0 Å². The predicted molar refractivity (Wildman–Crippen MR) is 97.5 cm³/mol. The van der Waals surface area contributed by atoms with Crippen LogP contribution in [0, 0.1) is 6.92 Å². The van der Waals surface area contributed by atoms with Crippen LogP contribution in [-0.4, -0.2) is 38.2 Å². The lowest BCUT2D eigenvalue weighted by molar-refractivity contribution is -0.129. The van der Waals surface area contributed by atoms with E-state index < -0.39 is 0 Å². The van der Waals surface area contributed by atoms with Crippen LogP contribution in [0.5, 0.6) is 0 Å². The van der Waals surface area contributed by atoms with Crippen LogP contribution >= 0.6 is 0 Å². The quantitative estimate of drug-likeness (QED) is 0.779. The molecule has 2 amide bonds. The van der Waals surface area contributed by atoms with Gasteiger partial charge in [0.05, 0.1) is 0 Å². The highest BCUT2D eigenvalue weighted by atomic mass is 16.2. The molecule has 2 aromatic heterocycles. The molecule has 0 radical (unpaired) electrons. The van der Waals surface area contributed by atoms with Crippen LogP contribution in [0.15, 0.2) is 29.3 Å². The van der Waals surface area contributed by atoms with Gasteiger partial charge in [-0.3, -0.25) is 29.7 Å². The minimum atomic E-state index is -0.298. The van der Waals surface area contributed by atoms with E-state index in [2.05, 4.69) is 20.3 Å². The molecule has 0 saturated heterocycles. The molecule has 138 valence electrons. The summed E-state index contributed by atoms with van der Waals surface area (Å²) in [6, 6.07) is 3.75. The highest BCUT2D eigenvalue weighted by Crippen LogP contribution is 2.08. The zero-order valence-corrected chi connectivity index (χ0v) is 15.2. The molecule has 0 aromatic carbocycles. The maximum Gasteiger partial charge on any atom is 0.255 e. The smallest absolute Gasteiger partial charge is 0.255 e. The van der Waals surface area contributed by atoms with Crippen molar-refractivity contribution >= 4 is 17.8 Å². The normalized spacial score (nSPS) is 10.4. The molecule has 0 fully saturated rings. The summed E-state index contributed by atoms with van der Waals surface area (Å²) in [5.41, 5.74) is 1.81. The van der Waals surface area contributed by atoms with E-state index in [0.717, 1.165) is 5.56 Å². The third-order valence-electron chi connectivity index (χ3n) is 3.91. The van der Waals surface area contributed by atoms with Gasteiger partial charge < -0.3 is 4.90 Å². The van der Waals surface area contributed by atoms with Crippen molar-refractivity contribution in [1.29, 1.82) is 0 Å². The number of hydrogen-bond donors (Lipinski definition) is 2. The van der Waals surface area contributed by atoms with Crippen LogP contribution in [0.1, 0.15) is 37.1 Å². The van der Waals surface area contributed by atoms with Crippen molar-refractivity contribution in [3.8, 4) is 0 Å². The Morgan fingerprint density at radius 1 is 1.31 bits per heavy atom. The minimum absolute atomic E-state index is 0.0291. The number of anilines is 1. The fraction of sp³-hybridized carbons (Fsp3) is 0.389. The third-order valence-corrected chi connectivity index (χ3v) is 3.91. The van der Waals surface area contributed by atoms with Crippen molar-refractivity contribution in [2.75, 3.05) is 11.9 Å². The molecule has 2 heterocycles. The van der Waals surface area contributed by atoms with E-state index >= 15 is 0 Å². The monoisotopic (exact) mass is 357 g/mol. The molecule has 2 N–H and O–H groups in total. The van der Waals surface area contributed by atoms with E-state index in [4.69, 9.17) is 0 Å². The van der Waals surface area contributed by atoms with Crippen LogP contribution in [0.3, 0.4) is 0 Å². The topological polar surface area (TPSA) is 108 Å². The van der Waals surface area contributed by atoms with Gasteiger partial charge in [0.25, 0.3) is 5.56 Å². The Hall–Kier alpha value is -3.03. The van der Waals surface area contributed by atoms with E-state index in [1.165, 1.54) is 13.8 Å². The summed E-state index contributed by atoms with van der Waals surface area (Å²) in [5, 5.41) is 2.47. The molecule has 0 saturated carbocycles. The van der Waals surface area contributed by atoms with Gasteiger partial charge in [-0.15, -0.1) is 0 Å². The van der Waals surface area contributed by atoms with Crippen LogP contribution < -0.4 is 10.9 Å². The Morgan fingerprint density at radius 3 is 2.65 bits per heavy atom. The predicted octanol–water partition coefficient (Wildman–Crippen LogP) is 1.41. The number of carbonyl (C=O) groups is 2. The number of rotatable bonds is 7. The van der Waals surface area contributed by atoms with E-state index in [1.54, 1.807) is 24.2 Å². The molecule has 0 aliphatic carbocycles. The van der Waals surface area contributed by atoms with Crippen molar-refractivity contribution in [2.24, 2.45) is 0 Å². The standard InChI is InChI=1S/C18H23N5O3/c1-12-16(17(26)22-18(20-12)21-13(2)24)7-5-9-23(14(3)25)11-15-6-4-8-19-10-15/h4,6,8,10H,5,7,9,11H2,1-3H3,(H2,20,21,22,24,26). The Bertz CT molecular complexity index is 832. The molecule has 0 aliphatic rings. The summed E-state index contributed by atoms with van der Waals surface area (Å²) in [4.78, 5) is 47.7. The van der Waals surface area contributed by atoms with Crippen molar-refractivity contribution in [3.05, 3.63) is 51.7 Å². The summed E-state index contributed by atoms with van der Waals surface area (Å²) in [6.45, 7) is 5.61. The number of aryl methyl sites for hydroxylation is 1. The Morgan fingerprint density at radius 2 is 2.08 bits per heavy atom. The zero-order chi connectivity index (χ0) is 19.1. The van der Waals surface area contributed by atoms with Gasteiger partial charge in [-0.05, 0) is 31.4 Å². The molecule has 0 unspecified atom stereocenters. The second-order valence-electron chi connectivity index (χ2n) is 6.07. The molecule has 2 rings (SSSR count). The largest absolute Gasteiger partial charge is 0.339 e. The Balaban J connectivity index is 2.00. The van der Waals surface area contributed by atoms with Gasteiger partial charge in [-0.1, -0.05) is 6.07 Å². The van der Waals surface area contributed by atoms with Crippen LogP contribution in [-0.2, 0) is 22.6 Å². The van der Waals surface area contributed by atoms with Crippen molar-refractivity contribution in [1.82, 2.24) is 19.9 Å². The molecule has 8 nitrogen and oxygen atoms in total. The maximum atomic E-state index is 12.2. The minimum Gasteiger partial charge on any atom is -0.339 e. The third kappa shape index (κ3) is 5.51. The van der Waals surface area contributed by atoms with Crippen molar-refractivity contribution in [2.45, 2.75) is 40.2 Å². The number of nitrogens with zero attached hydrogens (tertiary/aromatic N) is 3. The highest BCUT2D eigenvalue weighted by Gasteiger charge is 2.12. The summed E-state index contributed by atoms with van der Waals surface area (Å²) in [5.74, 6) is -0.183. The summed E-state index contributed by atoms with van der Waals surface area (Å²) in [6.07, 6.45) is 4.54. The van der Waals surface area contributed by atoms with Crippen LogP contribution in [0.4, 0.5) is 5.95 Å². The van der Waals surface area contributed by atoms with Crippen LogP contribution in [0.2, 0.25) is 0 Å². The lowest BCUT2D eigenvalue weighted by atomic mass is 10.1. The lowest BCUT2D eigenvalue weighted by Crippen LogP contribution is -2.30. The molecule has 26 heavy (non-hydrogen) atoms.